The maximum atomic E-state index is 14.3. The Hall–Kier alpha value is -1.91. The Morgan fingerprint density at radius 1 is 0.972 bits per heavy atom. The molecule has 0 aromatic carbocycles. The Morgan fingerprint density at radius 2 is 1.61 bits per heavy atom. The summed E-state index contributed by atoms with van der Waals surface area (Å²) in [6, 6.07) is 0. The second-order valence-electron chi connectivity index (χ2n) is 14.9. The van der Waals surface area contributed by atoms with E-state index in [1.54, 1.807) is 0 Å². The third-order valence-corrected chi connectivity index (χ3v) is 12.8. The van der Waals surface area contributed by atoms with Crippen molar-refractivity contribution >= 4 is 17.5 Å². The van der Waals surface area contributed by atoms with Gasteiger partial charge in [0.1, 0.15) is 0 Å². The average Bonchev–Trinajstić information content (AvgIpc) is 2.78. The number of rotatable bonds is 1. The van der Waals surface area contributed by atoms with Crippen LogP contribution in [0.15, 0.2) is 23.5 Å². The van der Waals surface area contributed by atoms with Crippen LogP contribution in [0.1, 0.15) is 99.8 Å². The Bertz CT molecular complexity index is 1110. The molecule has 5 rings (SSSR count). The van der Waals surface area contributed by atoms with E-state index in [0.717, 1.165) is 38.4 Å². The molecule has 0 heterocycles. The summed E-state index contributed by atoms with van der Waals surface area (Å²) < 4.78 is 0. The number of carbonyl (C=O) groups excluding carboxylic acids is 2. The number of hydrogen-bond donors (Lipinski definition) is 2. The number of carbonyl (C=O) groups is 3. The number of allylic oxidation sites excluding steroid dienone is 3. The average molecular weight is 497 g/mol. The molecule has 0 aliphatic heterocycles. The first-order valence-corrected chi connectivity index (χ1v) is 13.9. The third-order valence-electron chi connectivity index (χ3n) is 12.8. The van der Waals surface area contributed by atoms with Gasteiger partial charge in [-0.25, -0.2) is 0 Å². The van der Waals surface area contributed by atoms with E-state index in [4.69, 9.17) is 0 Å². The molecule has 0 amide bonds. The topological polar surface area (TPSA) is 91.7 Å². The van der Waals surface area contributed by atoms with Crippen LogP contribution in [0.4, 0.5) is 0 Å². The minimum absolute atomic E-state index is 0.00498. The molecule has 5 aliphatic rings. The van der Waals surface area contributed by atoms with Gasteiger partial charge in [0.15, 0.2) is 11.6 Å². The summed E-state index contributed by atoms with van der Waals surface area (Å²) in [7, 11) is 0. The fourth-order valence-electron chi connectivity index (χ4n) is 10.3. The standard InChI is InChI=1S/C31H44O5/c1-26(2)22-8-9-31(7)23(29(22,5)15-18(17-32)24(26)34)21(33)14-19-20-16-28(4,25(35)36)11-10-27(20,3)12-13-30(19,31)6/h14,17,20,22-23,32H,8-13,15-16H2,1-7H3,(H,35,36)/b18-17-/t20-,22-,23+,27+,28-,29-,30+,31+/m0/s1. The first-order chi connectivity index (χ1) is 16.5. The number of aliphatic hydroxyl groups excluding tert-OH is 1. The number of aliphatic carboxylic acids is 1. The summed E-state index contributed by atoms with van der Waals surface area (Å²) >= 11 is 0. The molecule has 4 saturated carbocycles. The molecule has 4 fully saturated rings. The van der Waals surface area contributed by atoms with E-state index < -0.39 is 22.2 Å². The van der Waals surface area contributed by atoms with Crippen molar-refractivity contribution in [1.82, 2.24) is 0 Å². The van der Waals surface area contributed by atoms with Gasteiger partial charge in [0.05, 0.1) is 11.7 Å². The summed E-state index contributed by atoms with van der Waals surface area (Å²) in [5.41, 5.74) is -0.645. The first kappa shape index (κ1) is 25.7. The van der Waals surface area contributed by atoms with Crippen molar-refractivity contribution in [2.45, 2.75) is 99.8 Å². The van der Waals surface area contributed by atoms with Crippen LogP contribution in [-0.2, 0) is 14.4 Å². The second kappa shape index (κ2) is 7.35. The van der Waals surface area contributed by atoms with E-state index in [-0.39, 0.29) is 45.6 Å². The summed E-state index contributed by atoms with van der Waals surface area (Å²) in [6.45, 7) is 15.0. The van der Waals surface area contributed by atoms with Crippen molar-refractivity contribution < 1.29 is 24.6 Å². The van der Waals surface area contributed by atoms with E-state index in [2.05, 4.69) is 27.7 Å². The molecule has 0 saturated heterocycles. The predicted molar refractivity (Wildman–Crippen MR) is 138 cm³/mol. The van der Waals surface area contributed by atoms with Crippen LogP contribution >= 0.6 is 0 Å². The molecular weight excluding hydrogens is 452 g/mol. The van der Waals surface area contributed by atoms with Gasteiger partial charge < -0.3 is 10.2 Å². The fraction of sp³-hybridized carbons (Fsp3) is 0.774. The minimum Gasteiger partial charge on any atom is -0.515 e. The van der Waals surface area contributed by atoms with Crippen LogP contribution in [0, 0.1) is 50.2 Å². The van der Waals surface area contributed by atoms with Crippen molar-refractivity contribution in [3.8, 4) is 0 Å². The number of ketones is 2. The maximum absolute atomic E-state index is 14.3. The highest BCUT2D eigenvalue weighted by Crippen LogP contribution is 2.75. The quantitative estimate of drug-likeness (QED) is 0.312. The van der Waals surface area contributed by atoms with Crippen molar-refractivity contribution in [3.63, 3.8) is 0 Å². The normalized spacial score (nSPS) is 50.9. The fourth-order valence-corrected chi connectivity index (χ4v) is 10.3. The number of hydrogen-bond acceptors (Lipinski definition) is 4. The molecule has 5 aliphatic carbocycles. The zero-order valence-corrected chi connectivity index (χ0v) is 23.2. The number of fused-ring (bicyclic) bond motifs is 7. The lowest BCUT2D eigenvalue weighted by Gasteiger charge is -2.69. The highest BCUT2D eigenvalue weighted by Gasteiger charge is 2.70. The molecular formula is C31H44O5. The number of aliphatic hydroxyl groups is 1. The van der Waals surface area contributed by atoms with Gasteiger partial charge in [0.25, 0.3) is 0 Å². The van der Waals surface area contributed by atoms with Crippen LogP contribution in [0.2, 0.25) is 0 Å². The Labute approximate surface area is 215 Å². The number of Topliss-reactive ketones (excluding diaryl/α,β-unsaturated/α-hetero) is 1. The molecule has 0 radical (unpaired) electrons. The maximum Gasteiger partial charge on any atom is 0.309 e. The lowest BCUT2D eigenvalue weighted by atomic mass is 9.33. The zero-order chi connectivity index (χ0) is 26.7. The minimum atomic E-state index is -0.762. The van der Waals surface area contributed by atoms with Crippen LogP contribution in [-0.4, -0.2) is 27.7 Å². The van der Waals surface area contributed by atoms with Crippen LogP contribution in [0.25, 0.3) is 0 Å². The van der Waals surface area contributed by atoms with Crippen molar-refractivity contribution in [1.29, 1.82) is 0 Å². The molecule has 0 aromatic heterocycles. The Morgan fingerprint density at radius 3 is 2.22 bits per heavy atom. The van der Waals surface area contributed by atoms with Gasteiger partial charge in [-0.15, -0.1) is 0 Å². The summed E-state index contributed by atoms with van der Waals surface area (Å²) in [5.74, 6) is -0.652. The molecule has 0 bridgehead atoms. The summed E-state index contributed by atoms with van der Waals surface area (Å²) in [4.78, 5) is 39.8. The second-order valence-corrected chi connectivity index (χ2v) is 14.9. The molecule has 8 atom stereocenters. The van der Waals surface area contributed by atoms with Gasteiger partial charge in [-0.1, -0.05) is 47.1 Å². The SMILES string of the molecule is CC1(C)C(=O)/C(=C\O)C[C@]2(C)[C@H]3C(=O)C=C4[C@@H]5C[C@@](C)(C(=O)O)CC[C@]5(C)CC[C@@]4(C)[C@]3(C)CC[C@@H]12. The Balaban J connectivity index is 1.65. The smallest absolute Gasteiger partial charge is 0.309 e. The number of carboxylic acid groups (broad SMARTS) is 1. The molecule has 0 spiro atoms. The van der Waals surface area contributed by atoms with Gasteiger partial charge in [0, 0.05) is 16.9 Å². The van der Waals surface area contributed by atoms with E-state index in [9.17, 15) is 24.6 Å². The van der Waals surface area contributed by atoms with E-state index in [0.29, 0.717) is 24.8 Å². The molecule has 2 N–H and O–H groups in total. The van der Waals surface area contributed by atoms with Crippen molar-refractivity contribution in [2.75, 3.05) is 0 Å². The zero-order valence-electron chi connectivity index (χ0n) is 23.2. The van der Waals surface area contributed by atoms with Crippen molar-refractivity contribution in [2.24, 2.45) is 50.2 Å². The van der Waals surface area contributed by atoms with E-state index in [1.807, 2.05) is 26.8 Å². The van der Waals surface area contributed by atoms with Gasteiger partial charge >= 0.3 is 5.97 Å². The van der Waals surface area contributed by atoms with Gasteiger partial charge in [0.2, 0.25) is 0 Å². The van der Waals surface area contributed by atoms with E-state index in [1.165, 1.54) is 5.57 Å². The van der Waals surface area contributed by atoms with E-state index >= 15 is 0 Å². The van der Waals surface area contributed by atoms with Gasteiger partial charge in [-0.05, 0) is 97.9 Å². The third kappa shape index (κ3) is 2.92. The highest BCUT2D eigenvalue weighted by atomic mass is 16.4. The largest absolute Gasteiger partial charge is 0.515 e. The molecule has 0 aromatic rings. The van der Waals surface area contributed by atoms with Crippen LogP contribution in [0.5, 0.6) is 0 Å². The van der Waals surface area contributed by atoms with Crippen molar-refractivity contribution in [3.05, 3.63) is 23.5 Å². The van der Waals surface area contributed by atoms with Gasteiger partial charge in [-0.3, -0.25) is 14.4 Å². The molecule has 5 nitrogen and oxygen atoms in total. The first-order valence-electron chi connectivity index (χ1n) is 13.9. The summed E-state index contributed by atoms with van der Waals surface area (Å²) in [5, 5.41) is 20.1. The van der Waals surface area contributed by atoms with Gasteiger partial charge in [-0.2, -0.15) is 0 Å². The summed E-state index contributed by atoms with van der Waals surface area (Å²) in [6.07, 6.45) is 9.31. The molecule has 36 heavy (non-hydrogen) atoms. The lowest BCUT2D eigenvalue weighted by molar-refractivity contribution is -0.183. The van der Waals surface area contributed by atoms with Crippen LogP contribution in [0.3, 0.4) is 0 Å². The lowest BCUT2D eigenvalue weighted by Crippen LogP contribution is -2.66. The molecule has 198 valence electrons. The van der Waals surface area contributed by atoms with Crippen LogP contribution < -0.4 is 0 Å². The number of carboxylic acids is 1. The molecule has 5 heteroatoms. The highest BCUT2D eigenvalue weighted by molar-refractivity contribution is 6.02. The predicted octanol–water partition coefficient (Wildman–Crippen LogP) is 6.67. The molecule has 0 unspecified atom stereocenters. The monoisotopic (exact) mass is 496 g/mol. The Kier molecular flexibility index (Phi) is 5.25.